The molecule has 7 heteroatoms. The second kappa shape index (κ2) is 9.06. The second-order valence-corrected chi connectivity index (χ2v) is 8.17. The van der Waals surface area contributed by atoms with Crippen molar-refractivity contribution in [2.75, 3.05) is 25.0 Å². The molecule has 0 radical (unpaired) electrons. The third kappa shape index (κ3) is 4.60. The molecule has 0 atom stereocenters. The first-order chi connectivity index (χ1) is 14.5. The van der Waals surface area contributed by atoms with Crippen molar-refractivity contribution in [1.29, 1.82) is 0 Å². The lowest BCUT2D eigenvalue weighted by Gasteiger charge is -2.27. The fourth-order valence-electron chi connectivity index (χ4n) is 3.77. The standard InChI is InChI=1S/C23H27ClN4O2/c1-3-4-9-27-10-11-28-21-8-5-17(13-20(21)26-22(28)14-27)25-23(29)15-30-18-6-7-19(24)16(2)12-18/h5-8,12-13H,3-4,9-11,14-15H2,1-2H3,(H,25,29). The van der Waals surface area contributed by atoms with Gasteiger partial charge in [0.25, 0.3) is 5.91 Å². The van der Waals surface area contributed by atoms with Crippen molar-refractivity contribution in [3.05, 3.63) is 52.8 Å². The summed E-state index contributed by atoms with van der Waals surface area (Å²) in [6.45, 7) is 8.06. The Morgan fingerprint density at radius 2 is 2.10 bits per heavy atom. The number of unbranched alkanes of at least 4 members (excludes halogenated alkanes) is 1. The molecule has 0 spiro atoms. The van der Waals surface area contributed by atoms with Crippen LogP contribution in [0.1, 0.15) is 31.2 Å². The van der Waals surface area contributed by atoms with Gasteiger partial charge in [0.15, 0.2) is 6.61 Å². The van der Waals surface area contributed by atoms with Gasteiger partial charge >= 0.3 is 0 Å². The zero-order valence-electron chi connectivity index (χ0n) is 17.4. The molecule has 1 aliphatic heterocycles. The quantitative estimate of drug-likeness (QED) is 0.598. The molecular formula is C23H27ClN4O2. The Bertz CT molecular complexity index is 1060. The van der Waals surface area contributed by atoms with Crippen molar-refractivity contribution in [2.45, 2.75) is 39.8 Å². The lowest BCUT2D eigenvalue weighted by atomic mass is 10.2. The highest BCUT2D eigenvalue weighted by Gasteiger charge is 2.20. The maximum atomic E-state index is 12.3. The van der Waals surface area contributed by atoms with Gasteiger partial charge in [0, 0.05) is 23.8 Å². The molecule has 0 saturated carbocycles. The van der Waals surface area contributed by atoms with Crippen LogP contribution < -0.4 is 10.1 Å². The first kappa shape index (κ1) is 20.7. The molecule has 0 unspecified atom stereocenters. The normalized spacial score (nSPS) is 14.0. The molecule has 158 valence electrons. The number of nitrogens with one attached hydrogen (secondary N) is 1. The molecule has 1 aromatic heterocycles. The number of benzene rings is 2. The lowest BCUT2D eigenvalue weighted by Crippen LogP contribution is -2.34. The zero-order chi connectivity index (χ0) is 21.1. The first-order valence-corrected chi connectivity index (χ1v) is 10.8. The number of amides is 1. The molecule has 4 rings (SSSR count). The Labute approximate surface area is 181 Å². The summed E-state index contributed by atoms with van der Waals surface area (Å²) in [4.78, 5) is 19.6. The van der Waals surface area contributed by atoms with E-state index in [0.29, 0.717) is 10.8 Å². The van der Waals surface area contributed by atoms with E-state index in [2.05, 4.69) is 21.7 Å². The molecule has 1 N–H and O–H groups in total. The van der Waals surface area contributed by atoms with E-state index in [0.717, 1.165) is 54.3 Å². The highest BCUT2D eigenvalue weighted by atomic mass is 35.5. The molecule has 2 heterocycles. The summed E-state index contributed by atoms with van der Waals surface area (Å²) in [6, 6.07) is 11.2. The van der Waals surface area contributed by atoms with Gasteiger partial charge in [0.1, 0.15) is 11.6 Å². The maximum absolute atomic E-state index is 12.3. The number of ether oxygens (including phenoxy) is 1. The van der Waals surface area contributed by atoms with Crippen LogP contribution in [0.3, 0.4) is 0 Å². The molecule has 0 fully saturated rings. The minimum Gasteiger partial charge on any atom is -0.484 e. The number of fused-ring (bicyclic) bond motifs is 3. The average molecular weight is 427 g/mol. The van der Waals surface area contributed by atoms with Gasteiger partial charge in [-0.3, -0.25) is 9.69 Å². The number of halogens is 1. The number of imidazole rings is 1. The summed E-state index contributed by atoms with van der Waals surface area (Å²) in [5.74, 6) is 1.51. The minimum absolute atomic E-state index is 0.0643. The van der Waals surface area contributed by atoms with Gasteiger partial charge in [-0.15, -0.1) is 0 Å². The number of anilines is 1. The topological polar surface area (TPSA) is 59.4 Å². The smallest absolute Gasteiger partial charge is 0.262 e. The zero-order valence-corrected chi connectivity index (χ0v) is 18.2. The molecule has 0 aliphatic carbocycles. The predicted octanol–water partition coefficient (Wildman–Crippen LogP) is 4.63. The van der Waals surface area contributed by atoms with Crippen molar-refractivity contribution in [3.63, 3.8) is 0 Å². The number of carbonyl (C=O) groups is 1. The molecule has 1 amide bonds. The molecule has 1 aliphatic rings. The van der Waals surface area contributed by atoms with Gasteiger partial charge in [0.2, 0.25) is 0 Å². The van der Waals surface area contributed by atoms with E-state index in [1.54, 1.807) is 12.1 Å². The van der Waals surface area contributed by atoms with Gasteiger partial charge in [0.05, 0.1) is 17.6 Å². The number of aryl methyl sites for hydroxylation is 1. The molecule has 0 bridgehead atoms. The Kier molecular flexibility index (Phi) is 6.25. The summed E-state index contributed by atoms with van der Waals surface area (Å²) in [6.07, 6.45) is 2.42. The number of rotatable bonds is 7. The van der Waals surface area contributed by atoms with E-state index in [4.69, 9.17) is 21.3 Å². The number of hydrogen-bond acceptors (Lipinski definition) is 4. The molecule has 0 saturated heterocycles. The van der Waals surface area contributed by atoms with Crippen LogP contribution in [0.2, 0.25) is 5.02 Å². The third-order valence-electron chi connectivity index (χ3n) is 5.44. The van der Waals surface area contributed by atoms with E-state index in [9.17, 15) is 4.79 Å². The minimum atomic E-state index is -0.211. The summed E-state index contributed by atoms with van der Waals surface area (Å²) < 4.78 is 7.86. The monoisotopic (exact) mass is 426 g/mol. The number of aromatic nitrogens is 2. The molecule has 30 heavy (non-hydrogen) atoms. The SMILES string of the molecule is CCCCN1CCn2c(nc3cc(NC(=O)COc4ccc(Cl)c(C)c4)ccc32)C1. The average Bonchev–Trinajstić information content (AvgIpc) is 3.10. The van der Waals surface area contributed by atoms with Crippen LogP contribution >= 0.6 is 11.6 Å². The molecule has 3 aromatic rings. The summed E-state index contributed by atoms with van der Waals surface area (Å²) in [5.41, 5.74) is 3.67. The van der Waals surface area contributed by atoms with Crippen molar-refractivity contribution in [1.82, 2.24) is 14.5 Å². The number of hydrogen-bond donors (Lipinski definition) is 1. The molecular weight excluding hydrogens is 400 g/mol. The Balaban J connectivity index is 1.40. The predicted molar refractivity (Wildman–Crippen MR) is 120 cm³/mol. The fourth-order valence-corrected chi connectivity index (χ4v) is 3.89. The van der Waals surface area contributed by atoms with E-state index < -0.39 is 0 Å². The highest BCUT2D eigenvalue weighted by molar-refractivity contribution is 6.31. The summed E-state index contributed by atoms with van der Waals surface area (Å²) in [7, 11) is 0. The highest BCUT2D eigenvalue weighted by Crippen LogP contribution is 2.24. The van der Waals surface area contributed by atoms with Crippen molar-refractivity contribution < 1.29 is 9.53 Å². The Morgan fingerprint density at radius 3 is 2.90 bits per heavy atom. The fraction of sp³-hybridized carbons (Fsp3) is 0.391. The second-order valence-electron chi connectivity index (χ2n) is 7.76. The van der Waals surface area contributed by atoms with E-state index >= 15 is 0 Å². The third-order valence-corrected chi connectivity index (χ3v) is 5.87. The van der Waals surface area contributed by atoms with Crippen LogP contribution in [0.25, 0.3) is 11.0 Å². The van der Waals surface area contributed by atoms with Crippen molar-refractivity contribution >= 4 is 34.2 Å². The Hall–Kier alpha value is -2.57. The summed E-state index contributed by atoms with van der Waals surface area (Å²) in [5, 5.41) is 3.57. The van der Waals surface area contributed by atoms with Crippen LogP contribution in [0, 0.1) is 6.92 Å². The van der Waals surface area contributed by atoms with Gasteiger partial charge in [-0.2, -0.15) is 0 Å². The van der Waals surface area contributed by atoms with Crippen molar-refractivity contribution in [2.24, 2.45) is 0 Å². The van der Waals surface area contributed by atoms with Gasteiger partial charge in [-0.05, 0) is 61.9 Å². The van der Waals surface area contributed by atoms with Gasteiger partial charge in [-0.1, -0.05) is 24.9 Å². The number of carbonyl (C=O) groups excluding carboxylic acids is 1. The van der Waals surface area contributed by atoms with Crippen LogP contribution in [0.15, 0.2) is 36.4 Å². The number of nitrogens with zero attached hydrogens (tertiary/aromatic N) is 3. The van der Waals surface area contributed by atoms with Crippen LogP contribution in [-0.2, 0) is 17.9 Å². The van der Waals surface area contributed by atoms with Crippen LogP contribution in [0.4, 0.5) is 5.69 Å². The molecule has 6 nitrogen and oxygen atoms in total. The van der Waals surface area contributed by atoms with Gasteiger partial charge in [-0.25, -0.2) is 4.98 Å². The first-order valence-electron chi connectivity index (χ1n) is 10.4. The maximum Gasteiger partial charge on any atom is 0.262 e. The lowest BCUT2D eigenvalue weighted by molar-refractivity contribution is -0.118. The largest absolute Gasteiger partial charge is 0.484 e. The van der Waals surface area contributed by atoms with E-state index in [1.807, 2.05) is 31.2 Å². The Morgan fingerprint density at radius 1 is 1.23 bits per heavy atom. The summed E-state index contributed by atoms with van der Waals surface area (Å²) >= 11 is 6.02. The van der Waals surface area contributed by atoms with Crippen LogP contribution in [-0.4, -0.2) is 40.1 Å². The van der Waals surface area contributed by atoms with E-state index in [-0.39, 0.29) is 12.5 Å². The molecule has 2 aromatic carbocycles. The van der Waals surface area contributed by atoms with Crippen molar-refractivity contribution in [3.8, 4) is 5.75 Å². The van der Waals surface area contributed by atoms with Crippen LogP contribution in [0.5, 0.6) is 5.75 Å². The van der Waals surface area contributed by atoms with Gasteiger partial charge < -0.3 is 14.6 Å². The van der Waals surface area contributed by atoms with E-state index in [1.165, 1.54) is 12.8 Å².